The van der Waals surface area contributed by atoms with Crippen LogP contribution in [0.4, 0.5) is 0 Å². The van der Waals surface area contributed by atoms with Crippen LogP contribution in [0.25, 0.3) is 11.2 Å². The third-order valence-corrected chi connectivity index (χ3v) is 3.80. The molecule has 0 amide bonds. The lowest BCUT2D eigenvalue weighted by atomic mass is 10.3. The first kappa shape index (κ1) is 14.1. The molecule has 110 valence electrons. The molecule has 0 fully saturated rings. The molecule has 0 N–H and O–H groups in total. The molecular weight excluding hydrogens is 286 g/mol. The van der Waals surface area contributed by atoms with E-state index in [2.05, 4.69) is 19.5 Å². The summed E-state index contributed by atoms with van der Waals surface area (Å²) in [4.78, 5) is 13.7. The molecule has 0 aliphatic carbocycles. The summed E-state index contributed by atoms with van der Waals surface area (Å²) in [5, 5.41) is 0. The van der Waals surface area contributed by atoms with E-state index in [9.17, 15) is 0 Å². The Morgan fingerprint density at radius 2 is 2.00 bits per heavy atom. The average molecular weight is 304 g/mol. The van der Waals surface area contributed by atoms with Crippen molar-refractivity contribution >= 4 is 22.8 Å². The second-order valence-corrected chi connectivity index (χ2v) is 5.50. The van der Waals surface area contributed by atoms with Crippen LogP contribution >= 0.6 is 11.6 Å². The van der Waals surface area contributed by atoms with Gasteiger partial charge in [0.1, 0.15) is 17.2 Å². The zero-order chi connectivity index (χ0) is 14.8. The number of aromatic nitrogens is 5. The molecule has 3 rings (SSSR count). The first-order valence-electron chi connectivity index (χ1n) is 7.04. The summed E-state index contributed by atoms with van der Waals surface area (Å²) in [5.74, 6) is 2.61. The predicted octanol–water partition coefficient (Wildman–Crippen LogP) is 2.50. The van der Waals surface area contributed by atoms with Gasteiger partial charge in [0, 0.05) is 50.4 Å². The second-order valence-electron chi connectivity index (χ2n) is 5.12. The van der Waals surface area contributed by atoms with Crippen LogP contribution in [0.2, 0.25) is 0 Å². The number of fused-ring (bicyclic) bond motifs is 1. The quantitative estimate of drug-likeness (QED) is 0.680. The molecule has 0 bridgehead atoms. The molecule has 0 spiro atoms. The van der Waals surface area contributed by atoms with Crippen LogP contribution in [0.5, 0.6) is 0 Å². The lowest BCUT2D eigenvalue weighted by molar-refractivity contribution is 0.634. The van der Waals surface area contributed by atoms with Gasteiger partial charge in [0.2, 0.25) is 0 Å². The van der Waals surface area contributed by atoms with Crippen molar-refractivity contribution in [2.24, 2.45) is 7.05 Å². The van der Waals surface area contributed by atoms with Gasteiger partial charge in [0.05, 0.1) is 0 Å². The van der Waals surface area contributed by atoms with E-state index in [0.717, 1.165) is 47.9 Å². The highest BCUT2D eigenvalue weighted by Crippen LogP contribution is 2.16. The predicted molar refractivity (Wildman–Crippen MR) is 83.6 cm³/mol. The average Bonchev–Trinajstić information content (AvgIpc) is 3.01. The monoisotopic (exact) mass is 303 g/mol. The van der Waals surface area contributed by atoms with E-state index < -0.39 is 0 Å². The first-order chi connectivity index (χ1) is 10.2. The number of hydrogen-bond acceptors (Lipinski definition) is 3. The molecule has 6 heteroatoms. The van der Waals surface area contributed by atoms with Gasteiger partial charge in [0.25, 0.3) is 0 Å². The van der Waals surface area contributed by atoms with Crippen LogP contribution in [-0.2, 0) is 26.4 Å². The van der Waals surface area contributed by atoms with Crippen molar-refractivity contribution in [2.75, 3.05) is 5.88 Å². The number of aryl methyl sites for hydroxylation is 5. The summed E-state index contributed by atoms with van der Waals surface area (Å²) in [5.41, 5.74) is 2.86. The van der Waals surface area contributed by atoms with E-state index in [0.29, 0.717) is 5.88 Å². The Balaban J connectivity index is 1.96. The Labute approximate surface area is 128 Å². The fourth-order valence-corrected chi connectivity index (χ4v) is 2.67. The maximum atomic E-state index is 5.90. The normalized spacial score (nSPS) is 11.4. The third-order valence-electron chi connectivity index (χ3n) is 3.61. The van der Waals surface area contributed by atoms with Crippen molar-refractivity contribution in [3.05, 3.63) is 41.9 Å². The van der Waals surface area contributed by atoms with Crippen molar-refractivity contribution < 1.29 is 0 Å². The largest absolute Gasteiger partial charge is 0.338 e. The van der Waals surface area contributed by atoms with Gasteiger partial charge in [-0.3, -0.25) is 0 Å². The summed E-state index contributed by atoms with van der Waals surface area (Å²) in [6.07, 6.45) is 5.38. The molecule has 3 aromatic heterocycles. The van der Waals surface area contributed by atoms with Crippen LogP contribution in [-0.4, -0.2) is 30.0 Å². The second kappa shape index (κ2) is 5.85. The molecule has 3 heterocycles. The standard InChI is InChI=1S/C15H18ClN5/c1-11-3-4-12-15(18-11)21(14(19-12)5-7-16)9-6-13-17-8-10-20(13)2/h3-4,8,10H,5-7,9H2,1-2H3. The Morgan fingerprint density at radius 1 is 1.14 bits per heavy atom. The van der Waals surface area contributed by atoms with Gasteiger partial charge in [-0.1, -0.05) is 0 Å². The molecule has 0 atom stereocenters. The molecule has 5 nitrogen and oxygen atoms in total. The fraction of sp³-hybridized carbons (Fsp3) is 0.400. The number of halogens is 1. The number of rotatable bonds is 5. The number of pyridine rings is 1. The SMILES string of the molecule is Cc1ccc2nc(CCCl)n(CCc3nccn3C)c2n1. The minimum atomic E-state index is 0.560. The van der Waals surface area contributed by atoms with Gasteiger partial charge in [0.15, 0.2) is 5.65 Å². The van der Waals surface area contributed by atoms with E-state index in [1.165, 1.54) is 0 Å². The van der Waals surface area contributed by atoms with Crippen LogP contribution in [0, 0.1) is 6.92 Å². The van der Waals surface area contributed by atoms with Crippen LogP contribution < -0.4 is 0 Å². The highest BCUT2D eigenvalue weighted by atomic mass is 35.5. The number of hydrogen-bond donors (Lipinski definition) is 0. The Bertz CT molecular complexity index is 759. The zero-order valence-electron chi connectivity index (χ0n) is 12.3. The Morgan fingerprint density at radius 3 is 2.71 bits per heavy atom. The molecule has 0 saturated heterocycles. The minimum absolute atomic E-state index is 0.560. The molecule has 0 saturated carbocycles. The molecule has 0 aromatic carbocycles. The van der Waals surface area contributed by atoms with Gasteiger partial charge < -0.3 is 9.13 Å². The molecule has 0 aliphatic rings. The van der Waals surface area contributed by atoms with Crippen molar-refractivity contribution in [1.29, 1.82) is 0 Å². The van der Waals surface area contributed by atoms with Gasteiger partial charge in [-0.15, -0.1) is 11.6 Å². The zero-order valence-corrected chi connectivity index (χ0v) is 13.0. The summed E-state index contributed by atoms with van der Waals surface area (Å²) in [6.45, 7) is 2.81. The lowest BCUT2D eigenvalue weighted by Crippen LogP contribution is -2.10. The molecule has 0 unspecified atom stereocenters. The summed E-state index contributed by atoms with van der Waals surface area (Å²) >= 11 is 5.90. The summed E-state index contributed by atoms with van der Waals surface area (Å²) in [7, 11) is 2.01. The third kappa shape index (κ3) is 2.78. The van der Waals surface area contributed by atoms with Gasteiger partial charge in [-0.05, 0) is 19.1 Å². The van der Waals surface area contributed by atoms with E-state index in [4.69, 9.17) is 11.6 Å². The van der Waals surface area contributed by atoms with Gasteiger partial charge in [-0.25, -0.2) is 15.0 Å². The number of imidazole rings is 2. The fourth-order valence-electron chi connectivity index (χ4n) is 2.50. The van der Waals surface area contributed by atoms with E-state index >= 15 is 0 Å². The molecule has 0 radical (unpaired) electrons. The van der Waals surface area contributed by atoms with Crippen molar-refractivity contribution in [3.8, 4) is 0 Å². The van der Waals surface area contributed by atoms with Gasteiger partial charge in [-0.2, -0.15) is 0 Å². The number of nitrogens with zero attached hydrogens (tertiary/aromatic N) is 5. The smallest absolute Gasteiger partial charge is 0.160 e. The first-order valence-corrected chi connectivity index (χ1v) is 7.57. The van der Waals surface area contributed by atoms with Gasteiger partial charge >= 0.3 is 0 Å². The van der Waals surface area contributed by atoms with Crippen LogP contribution in [0.15, 0.2) is 24.5 Å². The minimum Gasteiger partial charge on any atom is -0.338 e. The molecule has 3 aromatic rings. The van der Waals surface area contributed by atoms with Crippen LogP contribution in [0.1, 0.15) is 17.3 Å². The molecule has 0 aliphatic heterocycles. The van der Waals surface area contributed by atoms with Crippen molar-refractivity contribution in [3.63, 3.8) is 0 Å². The van der Waals surface area contributed by atoms with Crippen molar-refractivity contribution in [2.45, 2.75) is 26.3 Å². The Hall–Kier alpha value is -1.88. The topological polar surface area (TPSA) is 48.5 Å². The van der Waals surface area contributed by atoms with E-state index in [-0.39, 0.29) is 0 Å². The Kier molecular flexibility index (Phi) is 3.92. The van der Waals surface area contributed by atoms with E-state index in [1.807, 2.05) is 43.1 Å². The van der Waals surface area contributed by atoms with Crippen LogP contribution in [0.3, 0.4) is 0 Å². The number of alkyl halides is 1. The summed E-state index contributed by atoms with van der Waals surface area (Å²) < 4.78 is 4.21. The maximum Gasteiger partial charge on any atom is 0.160 e. The lowest BCUT2D eigenvalue weighted by Gasteiger charge is -2.08. The highest BCUT2D eigenvalue weighted by molar-refractivity contribution is 6.17. The maximum absolute atomic E-state index is 5.90. The van der Waals surface area contributed by atoms with Crippen molar-refractivity contribution in [1.82, 2.24) is 24.1 Å². The van der Waals surface area contributed by atoms with E-state index in [1.54, 1.807) is 0 Å². The molecule has 21 heavy (non-hydrogen) atoms. The molecular formula is C15H18ClN5. The highest BCUT2D eigenvalue weighted by Gasteiger charge is 2.12. The summed E-state index contributed by atoms with van der Waals surface area (Å²) in [6, 6.07) is 4.01.